The van der Waals surface area contributed by atoms with Gasteiger partial charge in [0.15, 0.2) is 0 Å². The molecule has 21 heavy (non-hydrogen) atoms. The first kappa shape index (κ1) is 18.8. The minimum Gasteiger partial charge on any atom is -0.336 e. The maximum Gasteiger partial charge on any atom is 0.246 e. The van der Waals surface area contributed by atoms with E-state index in [0.717, 1.165) is 4.31 Å². The van der Waals surface area contributed by atoms with E-state index in [1.54, 1.807) is 6.07 Å². The predicted octanol–water partition coefficient (Wildman–Crippen LogP) is 2.79. The summed E-state index contributed by atoms with van der Waals surface area (Å²) in [5, 5.41) is 2.31. The normalized spacial score (nSPS) is 14.0. The van der Waals surface area contributed by atoms with Gasteiger partial charge in [-0.05, 0) is 12.1 Å². The molecule has 0 unspecified atom stereocenters. The molecule has 1 amide bonds. The highest BCUT2D eigenvalue weighted by atomic mass is 35.6. The van der Waals surface area contributed by atoms with E-state index in [0.29, 0.717) is 0 Å². The van der Waals surface area contributed by atoms with Gasteiger partial charge in [0.2, 0.25) is 19.7 Å². The number of nitrogens with zero attached hydrogens (tertiary/aromatic N) is 1. The van der Waals surface area contributed by atoms with Crippen molar-refractivity contribution in [3.05, 3.63) is 29.3 Å². The van der Waals surface area contributed by atoms with E-state index in [9.17, 15) is 13.2 Å². The zero-order chi connectivity index (χ0) is 16.4. The summed E-state index contributed by atoms with van der Waals surface area (Å²) in [6.07, 6.45) is -1.39. The zero-order valence-electron chi connectivity index (χ0n) is 11.0. The largest absolute Gasteiger partial charge is 0.336 e. The number of rotatable bonds is 4. The molecule has 0 aliphatic heterocycles. The Kier molecular flexibility index (Phi) is 6.17. The van der Waals surface area contributed by atoms with E-state index in [4.69, 9.17) is 46.4 Å². The van der Waals surface area contributed by atoms with Crippen LogP contribution in [0, 0.1) is 0 Å². The van der Waals surface area contributed by atoms with E-state index in [2.05, 4.69) is 5.32 Å². The number of amides is 1. The van der Waals surface area contributed by atoms with Gasteiger partial charge in [-0.1, -0.05) is 58.5 Å². The van der Waals surface area contributed by atoms with Crippen molar-refractivity contribution < 1.29 is 13.2 Å². The summed E-state index contributed by atoms with van der Waals surface area (Å²) >= 11 is 23.1. The Labute approximate surface area is 143 Å². The van der Waals surface area contributed by atoms with E-state index in [1.165, 1.54) is 32.2 Å². The monoisotopic (exact) mass is 392 g/mol. The van der Waals surface area contributed by atoms with Crippen molar-refractivity contribution in [2.45, 2.75) is 21.8 Å². The molecule has 0 heterocycles. The molecule has 0 radical (unpaired) electrons. The third-order valence-electron chi connectivity index (χ3n) is 2.51. The highest BCUT2D eigenvalue weighted by molar-refractivity contribution is 7.89. The quantitative estimate of drug-likeness (QED) is 0.631. The summed E-state index contributed by atoms with van der Waals surface area (Å²) in [5.74, 6) is -0.549. The molecule has 1 atom stereocenters. The Morgan fingerprint density at radius 1 is 1.29 bits per heavy atom. The third kappa shape index (κ3) is 4.61. The standard InChI is InChI=1S/C11H12Cl4N2O3S/c1-7(18)16-10(11(13,14)15)17(2)21(19,20)9-6-4-3-5-8(9)12/h3-6,10H,1-2H3,(H,16,18)/t10-/m1/s1. The van der Waals surface area contributed by atoms with E-state index in [-0.39, 0.29) is 9.92 Å². The van der Waals surface area contributed by atoms with Crippen LogP contribution >= 0.6 is 46.4 Å². The van der Waals surface area contributed by atoms with Crippen LogP contribution in [0.15, 0.2) is 29.2 Å². The molecule has 10 heteroatoms. The first-order chi connectivity index (χ1) is 9.48. The maximum absolute atomic E-state index is 12.5. The molecule has 5 nitrogen and oxygen atoms in total. The topological polar surface area (TPSA) is 66.5 Å². The molecule has 1 aromatic carbocycles. The van der Waals surface area contributed by atoms with Crippen molar-refractivity contribution in [2.75, 3.05) is 7.05 Å². The molecule has 1 aromatic rings. The second-order valence-corrected chi connectivity index (χ2v) is 8.84. The average Bonchev–Trinajstić information content (AvgIpc) is 2.33. The van der Waals surface area contributed by atoms with Crippen LogP contribution in [0.5, 0.6) is 0 Å². The van der Waals surface area contributed by atoms with Crippen molar-refractivity contribution >= 4 is 62.3 Å². The fourth-order valence-electron chi connectivity index (χ4n) is 1.52. The summed E-state index contributed by atoms with van der Waals surface area (Å²) in [6, 6.07) is 5.83. The van der Waals surface area contributed by atoms with Crippen LogP contribution < -0.4 is 5.32 Å². The second kappa shape index (κ2) is 6.89. The van der Waals surface area contributed by atoms with Gasteiger partial charge in [-0.25, -0.2) is 8.42 Å². The number of alkyl halides is 3. The van der Waals surface area contributed by atoms with Crippen molar-refractivity contribution in [3.8, 4) is 0 Å². The molecule has 0 aromatic heterocycles. The average molecular weight is 394 g/mol. The minimum absolute atomic E-state index is 0.0234. The van der Waals surface area contributed by atoms with Crippen LogP contribution in [0.25, 0.3) is 0 Å². The molecule has 0 saturated heterocycles. The summed E-state index contributed by atoms with van der Waals surface area (Å²) in [7, 11) is -2.88. The van der Waals surface area contributed by atoms with Crippen LogP contribution in [0.2, 0.25) is 5.02 Å². The number of hydrogen-bond donors (Lipinski definition) is 1. The number of hydrogen-bond acceptors (Lipinski definition) is 3. The van der Waals surface area contributed by atoms with E-state index < -0.39 is 25.9 Å². The Balaban J connectivity index is 3.28. The van der Waals surface area contributed by atoms with Crippen LogP contribution in [-0.4, -0.2) is 35.6 Å². The molecular formula is C11H12Cl4N2O3S. The van der Waals surface area contributed by atoms with Gasteiger partial charge in [0.1, 0.15) is 11.1 Å². The summed E-state index contributed by atoms with van der Waals surface area (Å²) in [4.78, 5) is 11.0. The van der Waals surface area contributed by atoms with Crippen LogP contribution in [-0.2, 0) is 14.8 Å². The van der Waals surface area contributed by atoms with Crippen molar-refractivity contribution in [3.63, 3.8) is 0 Å². The van der Waals surface area contributed by atoms with Gasteiger partial charge < -0.3 is 5.32 Å². The smallest absolute Gasteiger partial charge is 0.246 e. The van der Waals surface area contributed by atoms with Gasteiger partial charge in [0, 0.05) is 14.0 Å². The Morgan fingerprint density at radius 3 is 2.24 bits per heavy atom. The molecular weight excluding hydrogens is 382 g/mol. The SMILES string of the molecule is CC(=O)N[C@H](N(C)S(=O)(=O)c1ccccc1Cl)C(Cl)(Cl)Cl. The molecule has 1 N–H and O–H groups in total. The summed E-state index contributed by atoms with van der Waals surface area (Å²) in [5.41, 5.74) is 0. The summed E-state index contributed by atoms with van der Waals surface area (Å²) in [6.45, 7) is 1.18. The van der Waals surface area contributed by atoms with Crippen molar-refractivity contribution in [2.24, 2.45) is 0 Å². The number of carbonyl (C=O) groups excluding carboxylic acids is 1. The molecule has 0 spiro atoms. The van der Waals surface area contributed by atoms with E-state index >= 15 is 0 Å². The lowest BCUT2D eigenvalue weighted by atomic mass is 10.4. The van der Waals surface area contributed by atoms with Gasteiger partial charge in [-0.2, -0.15) is 4.31 Å². The van der Waals surface area contributed by atoms with Crippen LogP contribution in [0.4, 0.5) is 0 Å². The zero-order valence-corrected chi connectivity index (χ0v) is 14.8. The number of benzene rings is 1. The lowest BCUT2D eigenvalue weighted by Gasteiger charge is -2.32. The number of nitrogens with one attached hydrogen (secondary N) is 1. The lowest BCUT2D eigenvalue weighted by molar-refractivity contribution is -0.120. The molecule has 0 bridgehead atoms. The fourth-order valence-corrected chi connectivity index (χ4v) is 4.09. The molecule has 0 saturated carbocycles. The van der Waals surface area contributed by atoms with Crippen molar-refractivity contribution in [1.82, 2.24) is 9.62 Å². The van der Waals surface area contributed by atoms with Gasteiger partial charge >= 0.3 is 0 Å². The van der Waals surface area contributed by atoms with Gasteiger partial charge in [0.25, 0.3) is 0 Å². The molecule has 0 fully saturated rings. The third-order valence-corrected chi connectivity index (χ3v) is 5.45. The Morgan fingerprint density at radius 2 is 1.81 bits per heavy atom. The fraction of sp³-hybridized carbons (Fsp3) is 0.364. The Bertz CT molecular complexity index is 631. The highest BCUT2D eigenvalue weighted by Crippen LogP contribution is 2.35. The highest BCUT2D eigenvalue weighted by Gasteiger charge is 2.42. The lowest BCUT2D eigenvalue weighted by Crippen LogP contribution is -2.55. The predicted molar refractivity (Wildman–Crippen MR) is 84.3 cm³/mol. The molecule has 118 valence electrons. The summed E-state index contributed by atoms with van der Waals surface area (Å²) < 4.78 is 23.8. The molecule has 0 aliphatic rings. The molecule has 1 rings (SSSR count). The first-order valence-electron chi connectivity index (χ1n) is 5.54. The number of sulfonamides is 1. The van der Waals surface area contributed by atoms with Crippen molar-refractivity contribution in [1.29, 1.82) is 0 Å². The first-order valence-corrected chi connectivity index (χ1v) is 8.49. The van der Waals surface area contributed by atoms with Gasteiger partial charge in [0.05, 0.1) is 5.02 Å². The van der Waals surface area contributed by atoms with Gasteiger partial charge in [-0.15, -0.1) is 0 Å². The van der Waals surface area contributed by atoms with Crippen LogP contribution in [0.1, 0.15) is 6.92 Å². The molecule has 0 aliphatic carbocycles. The van der Waals surface area contributed by atoms with Gasteiger partial charge in [-0.3, -0.25) is 4.79 Å². The number of carbonyl (C=O) groups is 1. The van der Waals surface area contributed by atoms with E-state index in [1.807, 2.05) is 0 Å². The Hall–Kier alpha value is -0.240. The minimum atomic E-state index is -4.06. The number of halogens is 4. The second-order valence-electron chi connectivity index (χ2n) is 4.10. The van der Waals surface area contributed by atoms with Crippen LogP contribution in [0.3, 0.4) is 0 Å². The maximum atomic E-state index is 12.5.